The van der Waals surface area contributed by atoms with Gasteiger partial charge < -0.3 is 25.4 Å². The highest BCUT2D eigenvalue weighted by Crippen LogP contribution is 2.39. The summed E-state index contributed by atoms with van der Waals surface area (Å²) in [4.78, 5) is 65.8. The van der Waals surface area contributed by atoms with Crippen LogP contribution in [0.5, 0.6) is 0 Å². The summed E-state index contributed by atoms with van der Waals surface area (Å²) in [6.07, 6.45) is 3.77. The molecule has 15 nitrogen and oxygen atoms in total. The van der Waals surface area contributed by atoms with Crippen LogP contribution in [0.15, 0.2) is 30.6 Å². The van der Waals surface area contributed by atoms with Crippen LogP contribution in [0.3, 0.4) is 0 Å². The summed E-state index contributed by atoms with van der Waals surface area (Å²) in [6.45, 7) is -0.263. The van der Waals surface area contributed by atoms with E-state index < -0.39 is 29.6 Å². The minimum atomic E-state index is -1.04. The molecule has 242 valence electrons. The molecule has 3 amide bonds. The lowest BCUT2D eigenvalue weighted by Crippen LogP contribution is -2.40. The molecule has 5 rings (SSSR count). The van der Waals surface area contributed by atoms with E-state index in [1.807, 2.05) is 0 Å². The molecule has 3 aromatic heterocycles. The largest absolute Gasteiger partial charge is 0.481 e. The number of aliphatic carboxylic acids is 1. The van der Waals surface area contributed by atoms with Crippen molar-refractivity contribution in [1.29, 1.82) is 0 Å². The van der Waals surface area contributed by atoms with Gasteiger partial charge in [0.1, 0.15) is 18.9 Å². The highest BCUT2D eigenvalue weighted by atomic mass is 19.1. The fourth-order valence-electron chi connectivity index (χ4n) is 5.58. The quantitative estimate of drug-likeness (QED) is 0.201. The van der Waals surface area contributed by atoms with E-state index in [1.165, 1.54) is 24.1 Å². The smallest absolute Gasteiger partial charge is 0.325 e. The van der Waals surface area contributed by atoms with Crippen molar-refractivity contribution in [2.75, 3.05) is 33.3 Å². The first-order valence-corrected chi connectivity index (χ1v) is 14.6. The van der Waals surface area contributed by atoms with E-state index in [9.17, 15) is 24.0 Å². The molecule has 0 atom stereocenters. The van der Waals surface area contributed by atoms with E-state index in [0.29, 0.717) is 64.7 Å². The Morgan fingerprint density at radius 2 is 1.78 bits per heavy atom. The zero-order valence-corrected chi connectivity index (χ0v) is 25.3. The first-order chi connectivity index (χ1) is 22.0. The van der Waals surface area contributed by atoms with Gasteiger partial charge in [-0.05, 0) is 36.6 Å². The number of amides is 3. The molecule has 3 N–H and O–H groups in total. The second-order valence-electron chi connectivity index (χ2n) is 10.9. The number of aryl methyl sites for hydroxylation is 1. The number of carboxylic acid groups (broad SMARTS) is 1. The lowest BCUT2D eigenvalue weighted by atomic mass is 9.89. The highest BCUT2D eigenvalue weighted by Gasteiger charge is 2.30. The number of ether oxygens (including phenoxy) is 1. The number of carboxylic acids is 1. The Labute approximate surface area is 261 Å². The molecule has 0 saturated carbocycles. The summed E-state index contributed by atoms with van der Waals surface area (Å²) in [6, 6.07) is 4.81. The number of pyridine rings is 1. The molecule has 4 heterocycles. The topological polar surface area (TPSA) is 191 Å². The van der Waals surface area contributed by atoms with Gasteiger partial charge in [0, 0.05) is 49.6 Å². The maximum Gasteiger partial charge on any atom is 0.325 e. The van der Waals surface area contributed by atoms with E-state index in [0.717, 1.165) is 0 Å². The van der Waals surface area contributed by atoms with Gasteiger partial charge in [0.15, 0.2) is 5.65 Å². The third-order valence-corrected chi connectivity index (χ3v) is 7.97. The van der Waals surface area contributed by atoms with Gasteiger partial charge in [-0.1, -0.05) is 0 Å². The number of rotatable bonds is 11. The van der Waals surface area contributed by atoms with Crippen LogP contribution in [0.25, 0.3) is 33.1 Å². The first-order valence-electron chi connectivity index (χ1n) is 14.6. The van der Waals surface area contributed by atoms with E-state index in [4.69, 9.17) is 10.2 Å². The third kappa shape index (κ3) is 6.95. The molecule has 0 aliphatic carbocycles. The molecule has 4 aromatic rings. The van der Waals surface area contributed by atoms with Crippen molar-refractivity contribution in [2.45, 2.75) is 38.1 Å². The van der Waals surface area contributed by atoms with Crippen molar-refractivity contribution in [2.24, 2.45) is 7.05 Å². The van der Waals surface area contributed by atoms with Gasteiger partial charge in [0.2, 0.25) is 17.7 Å². The standard InChI is InChI=1S/C30H33FN8O7/c1-37-22-12-20(21(31)11-18(22)13-35-37)19-5-8-32-30-28(19)29(17-6-9-38(10-7-17)25(42)3-4-26(43)44)36-39(30)16-24(41)33-14-23(40)34-15-27(45)46-2/h5,8,11-13,17H,3-4,6-7,9-10,14-16H2,1-2H3,(H,33,41)(H,34,40)(H,43,44). The number of hydrogen-bond acceptors (Lipinski definition) is 9. The lowest BCUT2D eigenvalue weighted by Gasteiger charge is -2.31. The molecule has 0 unspecified atom stereocenters. The Morgan fingerprint density at radius 1 is 1.04 bits per heavy atom. The number of carbonyl (C=O) groups excluding carboxylic acids is 4. The van der Waals surface area contributed by atoms with Crippen molar-refractivity contribution >= 4 is 51.6 Å². The molecular weight excluding hydrogens is 603 g/mol. The first kappa shape index (κ1) is 32.0. The molecule has 0 spiro atoms. The Balaban J connectivity index is 1.45. The van der Waals surface area contributed by atoms with Crippen LogP contribution in [0.1, 0.15) is 37.3 Å². The number of carbonyl (C=O) groups is 5. The summed E-state index contributed by atoms with van der Waals surface area (Å²) in [5, 5.41) is 24.0. The van der Waals surface area contributed by atoms with Gasteiger partial charge in [0.05, 0.1) is 42.9 Å². The van der Waals surface area contributed by atoms with Crippen molar-refractivity contribution in [3.63, 3.8) is 0 Å². The normalized spacial score (nSPS) is 13.6. The van der Waals surface area contributed by atoms with Crippen molar-refractivity contribution in [3.8, 4) is 11.1 Å². The average molecular weight is 637 g/mol. The number of fused-ring (bicyclic) bond motifs is 2. The molecule has 0 bridgehead atoms. The molecule has 16 heteroatoms. The molecule has 46 heavy (non-hydrogen) atoms. The zero-order chi connectivity index (χ0) is 33.0. The van der Waals surface area contributed by atoms with Crippen LogP contribution >= 0.6 is 0 Å². The molecule has 1 aliphatic rings. The van der Waals surface area contributed by atoms with E-state index in [2.05, 4.69) is 25.5 Å². The molecule has 1 aliphatic heterocycles. The number of halogens is 1. The number of piperidine rings is 1. The number of aromatic nitrogens is 5. The average Bonchev–Trinajstić information content (AvgIpc) is 3.60. The number of methoxy groups -OCH3 is 1. The summed E-state index contributed by atoms with van der Waals surface area (Å²) < 4.78 is 23.1. The zero-order valence-electron chi connectivity index (χ0n) is 25.3. The number of nitrogens with zero attached hydrogens (tertiary/aromatic N) is 6. The fourth-order valence-corrected chi connectivity index (χ4v) is 5.58. The minimum absolute atomic E-state index is 0.0861. The summed E-state index contributed by atoms with van der Waals surface area (Å²) >= 11 is 0. The van der Waals surface area contributed by atoms with E-state index in [-0.39, 0.29) is 44.3 Å². The Morgan fingerprint density at radius 3 is 2.50 bits per heavy atom. The predicted octanol–water partition coefficient (Wildman–Crippen LogP) is 1.10. The number of nitrogens with one attached hydrogen (secondary N) is 2. The van der Waals surface area contributed by atoms with Crippen LogP contribution in [0, 0.1) is 5.82 Å². The Bertz CT molecular complexity index is 1830. The number of hydrogen-bond donors (Lipinski definition) is 3. The Hall–Kier alpha value is -5.41. The second-order valence-corrected chi connectivity index (χ2v) is 10.9. The lowest BCUT2D eigenvalue weighted by molar-refractivity contribution is -0.141. The van der Waals surface area contributed by atoms with Gasteiger partial charge in [-0.15, -0.1) is 0 Å². The minimum Gasteiger partial charge on any atom is -0.481 e. The molecule has 1 aromatic carbocycles. The van der Waals surface area contributed by atoms with Gasteiger partial charge in [0.25, 0.3) is 0 Å². The maximum atomic E-state index is 15.6. The summed E-state index contributed by atoms with van der Waals surface area (Å²) in [5.41, 5.74) is 2.46. The summed E-state index contributed by atoms with van der Waals surface area (Å²) in [7, 11) is 2.95. The molecule has 0 radical (unpaired) electrons. The van der Waals surface area contributed by atoms with Crippen LogP contribution in [-0.4, -0.2) is 97.5 Å². The van der Waals surface area contributed by atoms with Crippen LogP contribution in [0.2, 0.25) is 0 Å². The number of benzene rings is 1. The van der Waals surface area contributed by atoms with Crippen molar-refractivity contribution in [1.82, 2.24) is 40.1 Å². The maximum absolute atomic E-state index is 15.6. The van der Waals surface area contributed by atoms with Crippen LogP contribution in [-0.2, 0) is 42.3 Å². The van der Waals surface area contributed by atoms with E-state index >= 15 is 4.39 Å². The number of esters is 1. The fraction of sp³-hybridized carbons (Fsp3) is 0.400. The molecule has 1 saturated heterocycles. The van der Waals surface area contributed by atoms with Gasteiger partial charge in [-0.25, -0.2) is 14.1 Å². The van der Waals surface area contributed by atoms with E-state index in [1.54, 1.807) is 35.0 Å². The Kier molecular flexibility index (Phi) is 9.53. The van der Waals surface area contributed by atoms with Crippen molar-refractivity contribution in [3.05, 3.63) is 42.1 Å². The number of likely N-dealkylation sites (tertiary alicyclic amines) is 1. The van der Waals surface area contributed by atoms with Gasteiger partial charge in [-0.3, -0.25) is 28.7 Å². The van der Waals surface area contributed by atoms with Crippen molar-refractivity contribution < 1.29 is 38.2 Å². The second kappa shape index (κ2) is 13.7. The summed E-state index contributed by atoms with van der Waals surface area (Å²) in [5.74, 6) is -3.69. The molecule has 1 fully saturated rings. The third-order valence-electron chi connectivity index (χ3n) is 7.97. The predicted molar refractivity (Wildman–Crippen MR) is 161 cm³/mol. The SMILES string of the molecule is COC(=O)CNC(=O)CNC(=O)Cn1nc(C2CCN(C(=O)CCC(=O)O)CC2)c2c(-c3cc4c(cnn4C)cc3F)ccnc21. The van der Waals surface area contributed by atoms with Crippen LogP contribution in [0.4, 0.5) is 4.39 Å². The van der Waals surface area contributed by atoms with Crippen LogP contribution < -0.4 is 10.6 Å². The van der Waals surface area contributed by atoms with Gasteiger partial charge in [-0.2, -0.15) is 10.2 Å². The molecular formula is C30H33FN8O7. The highest BCUT2D eigenvalue weighted by molar-refractivity contribution is 5.98. The monoisotopic (exact) mass is 636 g/mol. The van der Waals surface area contributed by atoms with Gasteiger partial charge >= 0.3 is 11.9 Å².